The van der Waals surface area contributed by atoms with Gasteiger partial charge in [-0.15, -0.1) is 0 Å². The molecule has 0 aliphatic carbocycles. The third-order valence-electron chi connectivity index (χ3n) is 4.19. The summed E-state index contributed by atoms with van der Waals surface area (Å²) in [4.78, 5) is 14.5. The zero-order valence-corrected chi connectivity index (χ0v) is 14.6. The topological polar surface area (TPSA) is 69.7 Å². The normalized spacial score (nSPS) is 19.5. The molecule has 1 aromatic rings. The molecule has 1 heterocycles. The van der Waals surface area contributed by atoms with Crippen LogP contribution in [0, 0.1) is 5.92 Å². The Morgan fingerprint density at radius 1 is 1.35 bits per heavy atom. The van der Waals surface area contributed by atoms with Crippen molar-refractivity contribution < 1.29 is 13.2 Å². The fourth-order valence-corrected chi connectivity index (χ4v) is 4.35. The number of hydrogen-bond acceptors (Lipinski definition) is 4. The number of carbonyl (C=O) groups excluding carboxylic acids is 1. The van der Waals surface area contributed by atoms with E-state index in [1.807, 2.05) is 7.05 Å². The lowest BCUT2D eigenvalue weighted by Crippen LogP contribution is -2.46. The van der Waals surface area contributed by atoms with Crippen LogP contribution in [-0.4, -0.2) is 63.8 Å². The van der Waals surface area contributed by atoms with Crippen LogP contribution in [0.1, 0.15) is 12.8 Å². The molecule has 0 aromatic heterocycles. The summed E-state index contributed by atoms with van der Waals surface area (Å²) in [6.45, 7) is 2.08. The van der Waals surface area contributed by atoms with Crippen LogP contribution in [0.4, 0.5) is 0 Å². The molecule has 1 saturated heterocycles. The van der Waals surface area contributed by atoms with Crippen LogP contribution in [0.2, 0.25) is 0 Å². The molecule has 1 aliphatic rings. The third kappa shape index (κ3) is 4.31. The molecule has 0 saturated carbocycles. The number of amides is 1. The molecule has 1 N–H and O–H groups in total. The summed E-state index contributed by atoms with van der Waals surface area (Å²) in [5.74, 6) is -0.239. The molecule has 1 amide bonds. The first kappa shape index (κ1) is 17.9. The molecule has 1 unspecified atom stereocenters. The predicted octanol–water partition coefficient (Wildman–Crippen LogP) is 0.765. The average Bonchev–Trinajstić information content (AvgIpc) is 2.59. The van der Waals surface area contributed by atoms with Gasteiger partial charge in [0.2, 0.25) is 15.9 Å². The van der Waals surface area contributed by atoms with E-state index in [9.17, 15) is 13.2 Å². The maximum atomic E-state index is 12.7. The minimum atomic E-state index is -3.52. The van der Waals surface area contributed by atoms with E-state index in [4.69, 9.17) is 0 Å². The lowest BCUT2D eigenvalue weighted by molar-refractivity contribution is -0.135. The minimum Gasteiger partial charge on any atom is -0.344 e. The van der Waals surface area contributed by atoms with Crippen molar-refractivity contribution in [1.29, 1.82) is 0 Å². The Morgan fingerprint density at radius 2 is 2.04 bits per heavy atom. The van der Waals surface area contributed by atoms with Gasteiger partial charge in [-0.3, -0.25) is 4.79 Å². The van der Waals surface area contributed by atoms with Crippen LogP contribution in [-0.2, 0) is 14.8 Å². The Morgan fingerprint density at radius 3 is 2.70 bits per heavy atom. The summed E-state index contributed by atoms with van der Waals surface area (Å²) < 4.78 is 26.8. The van der Waals surface area contributed by atoms with Crippen LogP contribution < -0.4 is 5.32 Å². The average molecular weight is 339 g/mol. The Labute approximate surface area is 138 Å². The Bertz CT molecular complexity index is 619. The fraction of sp³-hybridized carbons (Fsp3) is 0.562. The van der Waals surface area contributed by atoms with Crippen LogP contribution in [0.3, 0.4) is 0 Å². The third-order valence-corrected chi connectivity index (χ3v) is 6.07. The van der Waals surface area contributed by atoms with E-state index in [2.05, 4.69) is 5.32 Å². The first-order valence-electron chi connectivity index (χ1n) is 7.91. The lowest BCUT2D eigenvalue weighted by atomic mass is 9.98. The van der Waals surface area contributed by atoms with Crippen molar-refractivity contribution in [3.8, 4) is 0 Å². The maximum absolute atomic E-state index is 12.7. The molecule has 6 nitrogen and oxygen atoms in total. The first-order valence-corrected chi connectivity index (χ1v) is 9.35. The van der Waals surface area contributed by atoms with Crippen LogP contribution in [0.15, 0.2) is 35.2 Å². The Kier molecular flexibility index (Phi) is 6.15. The summed E-state index contributed by atoms with van der Waals surface area (Å²) in [5.41, 5.74) is 0. The van der Waals surface area contributed by atoms with Gasteiger partial charge in [-0.1, -0.05) is 18.2 Å². The van der Waals surface area contributed by atoms with Gasteiger partial charge in [-0.25, -0.2) is 8.42 Å². The van der Waals surface area contributed by atoms with E-state index >= 15 is 0 Å². The highest BCUT2D eigenvalue weighted by Crippen LogP contribution is 2.24. The zero-order valence-electron chi connectivity index (χ0n) is 13.7. The van der Waals surface area contributed by atoms with E-state index < -0.39 is 10.0 Å². The Balaban J connectivity index is 2.07. The van der Waals surface area contributed by atoms with E-state index in [1.54, 1.807) is 42.3 Å². The molecule has 1 atom stereocenters. The van der Waals surface area contributed by atoms with Gasteiger partial charge in [0.25, 0.3) is 0 Å². The smallest absolute Gasteiger partial charge is 0.243 e. The molecule has 1 fully saturated rings. The number of nitrogens with one attached hydrogen (secondary N) is 1. The summed E-state index contributed by atoms with van der Waals surface area (Å²) in [6.07, 6.45) is 1.45. The standard InChI is InChI=1S/C16H25N3O3S/c1-17-10-12-18(2)16(20)14-7-6-11-19(13-14)23(21,22)15-8-4-3-5-9-15/h3-5,8-9,14,17H,6-7,10-13H2,1-2H3. The highest BCUT2D eigenvalue weighted by atomic mass is 32.2. The number of hydrogen-bond donors (Lipinski definition) is 1. The SMILES string of the molecule is CNCCN(C)C(=O)C1CCCN(S(=O)(=O)c2ccccc2)C1. The largest absolute Gasteiger partial charge is 0.344 e. The van der Waals surface area contributed by atoms with Gasteiger partial charge in [0, 0.05) is 33.2 Å². The molecule has 1 aliphatic heterocycles. The van der Waals surface area contributed by atoms with Gasteiger partial charge in [-0.05, 0) is 32.0 Å². The molecule has 2 rings (SSSR count). The second-order valence-corrected chi connectivity index (χ2v) is 7.82. The van der Waals surface area contributed by atoms with Crippen molar-refractivity contribution >= 4 is 15.9 Å². The van der Waals surface area contributed by atoms with Gasteiger partial charge >= 0.3 is 0 Å². The van der Waals surface area contributed by atoms with Crippen LogP contribution in [0.25, 0.3) is 0 Å². The molecule has 1 aromatic carbocycles. The minimum absolute atomic E-state index is 0.0215. The van der Waals surface area contributed by atoms with Crippen molar-refractivity contribution in [3.05, 3.63) is 30.3 Å². The molecular weight excluding hydrogens is 314 g/mol. The molecule has 0 bridgehead atoms. The van der Waals surface area contributed by atoms with Crippen molar-refractivity contribution in [1.82, 2.24) is 14.5 Å². The lowest BCUT2D eigenvalue weighted by Gasteiger charge is -2.33. The van der Waals surface area contributed by atoms with Crippen molar-refractivity contribution in [3.63, 3.8) is 0 Å². The van der Waals surface area contributed by atoms with Crippen molar-refractivity contribution in [2.45, 2.75) is 17.7 Å². The van der Waals surface area contributed by atoms with E-state index in [-0.39, 0.29) is 23.3 Å². The van der Waals surface area contributed by atoms with Gasteiger partial charge in [0.15, 0.2) is 0 Å². The monoisotopic (exact) mass is 339 g/mol. The van der Waals surface area contributed by atoms with Gasteiger partial charge in [0.1, 0.15) is 0 Å². The molecule has 0 radical (unpaired) electrons. The quantitative estimate of drug-likeness (QED) is 0.831. The number of rotatable bonds is 6. The van der Waals surface area contributed by atoms with E-state index in [0.717, 1.165) is 13.0 Å². The molecule has 128 valence electrons. The highest BCUT2D eigenvalue weighted by Gasteiger charge is 2.34. The van der Waals surface area contributed by atoms with Crippen molar-refractivity contribution in [2.75, 3.05) is 40.3 Å². The second kappa shape index (κ2) is 7.90. The van der Waals surface area contributed by atoms with Crippen LogP contribution >= 0.6 is 0 Å². The molecule has 23 heavy (non-hydrogen) atoms. The van der Waals surface area contributed by atoms with Gasteiger partial charge < -0.3 is 10.2 Å². The number of nitrogens with zero attached hydrogens (tertiary/aromatic N) is 2. The maximum Gasteiger partial charge on any atom is 0.243 e. The highest BCUT2D eigenvalue weighted by molar-refractivity contribution is 7.89. The molecule has 0 spiro atoms. The summed E-state index contributed by atoms with van der Waals surface area (Å²) in [6, 6.07) is 8.41. The zero-order chi connectivity index (χ0) is 16.9. The second-order valence-electron chi connectivity index (χ2n) is 5.88. The number of likely N-dealkylation sites (N-methyl/N-ethyl adjacent to an activating group) is 2. The summed E-state index contributed by atoms with van der Waals surface area (Å²) >= 11 is 0. The number of carbonyl (C=O) groups is 1. The van der Waals surface area contributed by atoms with E-state index in [1.165, 1.54) is 4.31 Å². The summed E-state index contributed by atoms with van der Waals surface area (Å²) in [7, 11) is 0.0877. The Hall–Kier alpha value is -1.44. The fourth-order valence-electron chi connectivity index (χ4n) is 2.81. The van der Waals surface area contributed by atoms with Crippen LogP contribution in [0.5, 0.6) is 0 Å². The number of benzene rings is 1. The predicted molar refractivity (Wildman–Crippen MR) is 89.5 cm³/mol. The summed E-state index contributed by atoms with van der Waals surface area (Å²) in [5, 5.41) is 3.01. The van der Waals surface area contributed by atoms with Gasteiger partial charge in [-0.2, -0.15) is 4.31 Å². The van der Waals surface area contributed by atoms with Gasteiger partial charge in [0.05, 0.1) is 10.8 Å². The number of piperidine rings is 1. The van der Waals surface area contributed by atoms with E-state index in [0.29, 0.717) is 19.5 Å². The molecule has 7 heteroatoms. The van der Waals surface area contributed by atoms with Crippen molar-refractivity contribution in [2.24, 2.45) is 5.92 Å². The molecular formula is C16H25N3O3S. The number of sulfonamides is 1. The first-order chi connectivity index (χ1) is 11.0.